The molecule has 2 aromatic heterocycles. The summed E-state index contributed by atoms with van der Waals surface area (Å²) >= 11 is 1.35. The van der Waals surface area contributed by atoms with E-state index in [0.717, 1.165) is 44.7 Å². The van der Waals surface area contributed by atoms with E-state index in [2.05, 4.69) is 45.6 Å². The molecular formula is C28H27N5O2S. The number of methoxy groups -OCH3 is 1. The van der Waals surface area contributed by atoms with Crippen molar-refractivity contribution in [2.75, 3.05) is 18.2 Å². The predicted octanol–water partition coefficient (Wildman–Crippen LogP) is 6.08. The van der Waals surface area contributed by atoms with Gasteiger partial charge in [0.05, 0.1) is 12.9 Å². The number of H-pyrrole nitrogens is 1. The smallest absolute Gasteiger partial charge is 0.234 e. The molecule has 0 saturated heterocycles. The van der Waals surface area contributed by atoms with E-state index in [9.17, 15) is 4.79 Å². The summed E-state index contributed by atoms with van der Waals surface area (Å²) in [5.41, 5.74) is 6.99. The molecule has 2 N–H and O–H groups in total. The van der Waals surface area contributed by atoms with E-state index < -0.39 is 0 Å². The molecule has 0 atom stereocenters. The summed E-state index contributed by atoms with van der Waals surface area (Å²) in [4.78, 5) is 16.2. The van der Waals surface area contributed by atoms with E-state index in [1.807, 2.05) is 67.1 Å². The van der Waals surface area contributed by atoms with E-state index in [1.165, 1.54) is 17.3 Å². The molecule has 182 valence electrons. The van der Waals surface area contributed by atoms with Crippen molar-refractivity contribution >= 4 is 34.3 Å². The van der Waals surface area contributed by atoms with Crippen LogP contribution in [0, 0.1) is 20.8 Å². The first-order chi connectivity index (χ1) is 17.4. The standard InChI is InChI=1S/C28H27N5O2S/c1-17-13-18(2)26(19(3)14-17)30-25(34)16-36-28-32-31-27(23-15-29-24-8-6-5-7-22(23)24)33(28)20-9-11-21(35-4)12-10-20/h5-15,29H,16H2,1-4H3,(H,30,34). The number of aromatic nitrogens is 4. The Labute approximate surface area is 213 Å². The fourth-order valence-corrected chi connectivity index (χ4v) is 5.19. The number of aromatic amines is 1. The number of carbonyl (C=O) groups excluding carboxylic acids is 1. The van der Waals surface area contributed by atoms with Crippen LogP contribution in [0.3, 0.4) is 0 Å². The molecule has 0 radical (unpaired) electrons. The molecule has 5 rings (SSSR count). The lowest BCUT2D eigenvalue weighted by atomic mass is 10.1. The van der Waals surface area contributed by atoms with Gasteiger partial charge in [-0.05, 0) is 62.2 Å². The van der Waals surface area contributed by atoms with Gasteiger partial charge in [-0.15, -0.1) is 10.2 Å². The van der Waals surface area contributed by atoms with E-state index in [0.29, 0.717) is 11.0 Å². The molecule has 0 unspecified atom stereocenters. The highest BCUT2D eigenvalue weighted by Crippen LogP contribution is 2.33. The van der Waals surface area contributed by atoms with Crippen LogP contribution in [0.1, 0.15) is 16.7 Å². The molecule has 2 heterocycles. The molecule has 0 aliphatic carbocycles. The minimum Gasteiger partial charge on any atom is -0.497 e. The first kappa shape index (κ1) is 23.7. The normalized spacial score (nSPS) is 11.1. The predicted molar refractivity (Wildman–Crippen MR) is 145 cm³/mol. The monoisotopic (exact) mass is 497 g/mol. The van der Waals surface area contributed by atoms with Crippen molar-refractivity contribution in [3.8, 4) is 22.8 Å². The summed E-state index contributed by atoms with van der Waals surface area (Å²) < 4.78 is 7.32. The number of fused-ring (bicyclic) bond motifs is 1. The number of anilines is 1. The molecular weight excluding hydrogens is 470 g/mol. The van der Waals surface area contributed by atoms with Crippen LogP contribution >= 0.6 is 11.8 Å². The fourth-order valence-electron chi connectivity index (χ4n) is 4.44. The van der Waals surface area contributed by atoms with E-state index >= 15 is 0 Å². The van der Waals surface area contributed by atoms with Gasteiger partial charge in [0.2, 0.25) is 5.91 Å². The maximum Gasteiger partial charge on any atom is 0.234 e. The number of aryl methyl sites for hydroxylation is 3. The van der Waals surface area contributed by atoms with Crippen molar-refractivity contribution in [1.82, 2.24) is 19.7 Å². The summed E-state index contributed by atoms with van der Waals surface area (Å²) in [6, 6.07) is 20.0. The van der Waals surface area contributed by atoms with E-state index in [1.54, 1.807) is 7.11 Å². The summed E-state index contributed by atoms with van der Waals surface area (Å²) in [6.45, 7) is 6.08. The molecule has 0 aliphatic heterocycles. The average Bonchev–Trinajstić information content (AvgIpc) is 3.49. The lowest BCUT2D eigenvalue weighted by Crippen LogP contribution is -2.16. The molecule has 7 nitrogen and oxygen atoms in total. The molecule has 0 spiro atoms. The Morgan fingerprint density at radius 3 is 2.47 bits per heavy atom. The van der Waals surface area contributed by atoms with Gasteiger partial charge in [0.25, 0.3) is 0 Å². The molecule has 5 aromatic rings. The van der Waals surface area contributed by atoms with Gasteiger partial charge >= 0.3 is 0 Å². The number of para-hydroxylation sites is 1. The Balaban J connectivity index is 1.47. The zero-order valence-electron chi connectivity index (χ0n) is 20.6. The SMILES string of the molecule is COc1ccc(-n2c(SCC(=O)Nc3c(C)cc(C)cc3C)nnc2-c2c[nH]c3ccccc23)cc1. The minimum atomic E-state index is -0.0898. The number of thioether (sulfide) groups is 1. The first-order valence-corrected chi connectivity index (χ1v) is 12.6. The highest BCUT2D eigenvalue weighted by molar-refractivity contribution is 7.99. The van der Waals surface area contributed by atoms with Crippen LogP contribution in [-0.2, 0) is 4.79 Å². The van der Waals surface area contributed by atoms with Crippen LogP contribution < -0.4 is 10.1 Å². The van der Waals surface area contributed by atoms with Gasteiger partial charge in [0, 0.05) is 34.0 Å². The molecule has 8 heteroatoms. The van der Waals surface area contributed by atoms with Crippen LogP contribution in [0.5, 0.6) is 5.75 Å². The van der Waals surface area contributed by atoms with E-state index in [4.69, 9.17) is 4.74 Å². The van der Waals surface area contributed by atoms with Gasteiger partial charge in [-0.2, -0.15) is 0 Å². The number of nitrogens with one attached hydrogen (secondary N) is 2. The zero-order valence-corrected chi connectivity index (χ0v) is 21.4. The third-order valence-corrected chi connectivity index (χ3v) is 7.00. The van der Waals surface area contributed by atoms with Gasteiger partial charge in [-0.1, -0.05) is 47.7 Å². The number of hydrogen-bond acceptors (Lipinski definition) is 5. The maximum absolute atomic E-state index is 12.9. The minimum absolute atomic E-state index is 0.0898. The third-order valence-electron chi connectivity index (χ3n) is 6.07. The van der Waals surface area contributed by atoms with Gasteiger partial charge in [-0.25, -0.2) is 0 Å². The lowest BCUT2D eigenvalue weighted by molar-refractivity contribution is -0.113. The highest BCUT2D eigenvalue weighted by atomic mass is 32.2. The van der Waals surface area contributed by atoms with Crippen molar-refractivity contribution < 1.29 is 9.53 Å². The Bertz CT molecular complexity index is 1530. The zero-order chi connectivity index (χ0) is 25.2. The van der Waals surface area contributed by atoms with Crippen LogP contribution in [0.25, 0.3) is 28.0 Å². The van der Waals surface area contributed by atoms with Gasteiger partial charge in [0.1, 0.15) is 5.75 Å². The van der Waals surface area contributed by atoms with Crippen LogP contribution in [0.4, 0.5) is 5.69 Å². The van der Waals surface area contributed by atoms with Gasteiger partial charge in [0.15, 0.2) is 11.0 Å². The summed E-state index contributed by atoms with van der Waals surface area (Å²) in [7, 11) is 1.64. The second-order valence-corrected chi connectivity index (χ2v) is 9.64. The maximum atomic E-state index is 12.9. The Hall–Kier alpha value is -4.04. The summed E-state index contributed by atoms with van der Waals surface area (Å²) in [5.74, 6) is 1.58. The van der Waals surface area contributed by atoms with Crippen molar-refractivity contribution in [3.63, 3.8) is 0 Å². The number of ether oxygens (including phenoxy) is 1. The topological polar surface area (TPSA) is 84.8 Å². The van der Waals surface area contributed by atoms with Crippen molar-refractivity contribution in [3.05, 3.63) is 83.6 Å². The number of nitrogens with zero attached hydrogens (tertiary/aromatic N) is 3. The van der Waals surface area contributed by atoms with Crippen molar-refractivity contribution in [1.29, 1.82) is 0 Å². The van der Waals surface area contributed by atoms with Crippen LogP contribution in [0.15, 0.2) is 72.0 Å². The second kappa shape index (κ2) is 9.91. The Morgan fingerprint density at radius 1 is 1.03 bits per heavy atom. The number of amides is 1. The lowest BCUT2D eigenvalue weighted by Gasteiger charge is -2.13. The quantitative estimate of drug-likeness (QED) is 0.266. The Kier molecular flexibility index (Phi) is 6.52. The number of benzene rings is 3. The largest absolute Gasteiger partial charge is 0.497 e. The average molecular weight is 498 g/mol. The molecule has 0 bridgehead atoms. The molecule has 36 heavy (non-hydrogen) atoms. The van der Waals surface area contributed by atoms with Gasteiger partial charge < -0.3 is 15.0 Å². The number of carbonyl (C=O) groups is 1. The van der Waals surface area contributed by atoms with E-state index in [-0.39, 0.29) is 11.7 Å². The Morgan fingerprint density at radius 2 is 1.75 bits per heavy atom. The molecule has 0 saturated carbocycles. The highest BCUT2D eigenvalue weighted by Gasteiger charge is 2.20. The molecule has 0 aliphatic rings. The first-order valence-electron chi connectivity index (χ1n) is 11.6. The van der Waals surface area contributed by atoms with Gasteiger partial charge in [-0.3, -0.25) is 9.36 Å². The van der Waals surface area contributed by atoms with Crippen molar-refractivity contribution in [2.45, 2.75) is 25.9 Å². The molecule has 1 amide bonds. The summed E-state index contributed by atoms with van der Waals surface area (Å²) in [6.07, 6.45) is 1.94. The summed E-state index contributed by atoms with van der Waals surface area (Å²) in [5, 5.41) is 13.8. The number of hydrogen-bond donors (Lipinski definition) is 2. The number of rotatable bonds is 7. The van der Waals surface area contributed by atoms with Crippen LogP contribution in [-0.4, -0.2) is 38.5 Å². The van der Waals surface area contributed by atoms with Crippen molar-refractivity contribution in [2.24, 2.45) is 0 Å². The molecule has 0 fully saturated rings. The third kappa shape index (κ3) is 4.59. The fraction of sp³-hybridized carbons (Fsp3) is 0.179. The molecule has 3 aromatic carbocycles. The van der Waals surface area contributed by atoms with Crippen LogP contribution in [0.2, 0.25) is 0 Å². The second-order valence-electron chi connectivity index (χ2n) is 8.70.